The largest absolute Gasteiger partial charge is 0.512 e. The van der Waals surface area contributed by atoms with Gasteiger partial charge in [0.2, 0.25) is 0 Å². The second-order valence-corrected chi connectivity index (χ2v) is 9.51. The van der Waals surface area contributed by atoms with Gasteiger partial charge in [0.15, 0.2) is 0 Å². The van der Waals surface area contributed by atoms with Crippen LogP contribution in [0, 0.1) is 0 Å². The van der Waals surface area contributed by atoms with Crippen molar-refractivity contribution >= 4 is 16.5 Å². The number of aliphatic hydroxyl groups is 1. The molecule has 7 heteroatoms. The molecule has 0 heterocycles. The number of benzene rings is 1. The zero-order valence-electron chi connectivity index (χ0n) is 20.6. The first-order valence-electron chi connectivity index (χ1n) is 12.1. The fourth-order valence-electron chi connectivity index (χ4n) is 3.91. The van der Waals surface area contributed by atoms with Gasteiger partial charge in [-0.25, -0.2) is 0 Å². The first-order chi connectivity index (χ1) is 15.1. The molecule has 0 radical (unpaired) electrons. The molecule has 1 aliphatic carbocycles. The van der Waals surface area contributed by atoms with Gasteiger partial charge in [-0.1, -0.05) is 77.6 Å². The number of hydrogen-bond donors (Lipinski definition) is 3. The summed E-state index contributed by atoms with van der Waals surface area (Å²) in [6, 6.07) is 8.02. The Balaban J connectivity index is 0.000000532. The van der Waals surface area contributed by atoms with Gasteiger partial charge in [0.25, 0.3) is 0 Å². The summed E-state index contributed by atoms with van der Waals surface area (Å²) >= 11 is 0. The first-order valence-corrected chi connectivity index (χ1v) is 13.5. The molecule has 0 saturated carbocycles. The summed E-state index contributed by atoms with van der Waals surface area (Å²) in [4.78, 5) is 0. The van der Waals surface area contributed by atoms with Crippen molar-refractivity contribution < 1.29 is 27.1 Å². The smallest absolute Gasteiger partial charge is 0.394 e. The van der Waals surface area contributed by atoms with E-state index in [1.807, 2.05) is 30.3 Å². The Bertz CT molecular complexity index is 701. The molecule has 0 atom stereocenters. The van der Waals surface area contributed by atoms with Crippen molar-refractivity contribution in [3.8, 4) is 0 Å². The summed E-state index contributed by atoms with van der Waals surface area (Å²) in [5.41, 5.74) is 2.38. The molecule has 0 saturated heterocycles. The van der Waals surface area contributed by atoms with E-state index in [0.29, 0.717) is 12.2 Å². The maximum Gasteiger partial charge on any atom is 0.394 e. The first kappa shape index (κ1) is 30.6. The van der Waals surface area contributed by atoms with Crippen LogP contribution in [0.5, 0.6) is 0 Å². The number of allylic oxidation sites excluding steroid dienone is 1. The highest BCUT2D eigenvalue weighted by Crippen LogP contribution is 2.22. The molecule has 0 bridgehead atoms. The van der Waals surface area contributed by atoms with Crippen LogP contribution in [-0.2, 0) is 16.8 Å². The van der Waals surface area contributed by atoms with Crippen molar-refractivity contribution in [3.63, 3.8) is 0 Å². The van der Waals surface area contributed by atoms with Gasteiger partial charge >= 0.3 is 10.4 Å². The molecule has 3 N–H and O–H groups in total. The van der Waals surface area contributed by atoms with Gasteiger partial charge in [0.05, 0.1) is 31.9 Å². The van der Waals surface area contributed by atoms with Gasteiger partial charge in [0, 0.05) is 6.42 Å². The maximum atomic E-state index is 9.11. The number of aliphatic hydroxyl groups excluding tert-OH is 1. The fourth-order valence-corrected chi connectivity index (χ4v) is 3.91. The molecule has 1 aromatic carbocycles. The standard InChI is InChI=1S/C16H36N.C9H8O.H2O4S/c1-5-9-13-17(14-10-6-2,15-11-7-3)16-12-8-4;10-9-5-7-3-1-2-4-8(7)6-9;1-5(2,3)4/h5-16H2,1-4H3;1-5,10H,6H2;(H2,1,2,3,4)/q+1;;. The summed E-state index contributed by atoms with van der Waals surface area (Å²) in [6.07, 6.45) is 13.6. The number of fused-ring (bicyclic) bond motifs is 1. The third kappa shape index (κ3) is 15.4. The monoisotopic (exact) mass is 472 g/mol. The molecule has 1 aromatic rings. The lowest BCUT2D eigenvalue weighted by atomic mass is 10.1. The molecule has 186 valence electrons. The Labute approximate surface area is 196 Å². The minimum atomic E-state index is -4.67. The predicted octanol–water partition coefficient (Wildman–Crippen LogP) is 6.49. The molecule has 0 spiro atoms. The van der Waals surface area contributed by atoms with Crippen LogP contribution in [0.3, 0.4) is 0 Å². The zero-order valence-corrected chi connectivity index (χ0v) is 21.4. The average molecular weight is 473 g/mol. The molecule has 0 fully saturated rings. The quantitative estimate of drug-likeness (QED) is 0.239. The van der Waals surface area contributed by atoms with Crippen molar-refractivity contribution in [2.75, 3.05) is 26.2 Å². The van der Waals surface area contributed by atoms with Gasteiger partial charge in [-0.05, 0) is 42.9 Å². The Kier molecular flexibility index (Phi) is 16.4. The van der Waals surface area contributed by atoms with E-state index in [2.05, 4.69) is 27.7 Å². The summed E-state index contributed by atoms with van der Waals surface area (Å²) in [5.74, 6) is 0.473. The molecule has 1 aliphatic rings. The highest BCUT2D eigenvalue weighted by Gasteiger charge is 2.24. The van der Waals surface area contributed by atoms with Crippen molar-refractivity contribution in [1.82, 2.24) is 0 Å². The number of quaternary nitrogens is 1. The molecule has 2 rings (SSSR count). The van der Waals surface area contributed by atoms with Crippen LogP contribution in [-0.4, -0.2) is 53.3 Å². The summed E-state index contributed by atoms with van der Waals surface area (Å²) in [7, 11) is -4.67. The second-order valence-electron chi connectivity index (χ2n) is 8.61. The summed E-state index contributed by atoms with van der Waals surface area (Å²) in [6.45, 7) is 15.0. The van der Waals surface area contributed by atoms with E-state index < -0.39 is 10.4 Å². The molecule has 0 aliphatic heterocycles. The van der Waals surface area contributed by atoms with Crippen molar-refractivity contribution in [2.24, 2.45) is 0 Å². The van der Waals surface area contributed by atoms with Gasteiger partial charge < -0.3 is 9.59 Å². The van der Waals surface area contributed by atoms with Crippen molar-refractivity contribution in [2.45, 2.75) is 85.5 Å². The number of unbranched alkanes of at least 4 members (excludes halogenated alkanes) is 4. The van der Waals surface area contributed by atoms with Gasteiger partial charge in [-0.3, -0.25) is 9.11 Å². The number of hydrogen-bond acceptors (Lipinski definition) is 3. The lowest BCUT2D eigenvalue weighted by Crippen LogP contribution is -2.50. The highest BCUT2D eigenvalue weighted by atomic mass is 32.3. The number of nitrogens with zero attached hydrogens (tertiary/aromatic N) is 1. The highest BCUT2D eigenvalue weighted by molar-refractivity contribution is 7.79. The summed E-state index contributed by atoms with van der Waals surface area (Å²) in [5, 5.41) is 9.11. The van der Waals surface area contributed by atoms with Gasteiger partial charge in [-0.2, -0.15) is 8.42 Å². The Hall–Kier alpha value is -1.41. The SMILES string of the molecule is CCCC[N+](CCCC)(CCCC)CCCC.O=S(=O)(O)O.OC1=Cc2ccccc2C1. The van der Waals surface area contributed by atoms with E-state index in [4.69, 9.17) is 22.6 Å². The summed E-state index contributed by atoms with van der Waals surface area (Å²) < 4.78 is 33.0. The van der Waals surface area contributed by atoms with E-state index in [0.717, 1.165) is 5.56 Å². The Morgan fingerprint density at radius 3 is 1.50 bits per heavy atom. The zero-order chi connectivity index (χ0) is 24.5. The van der Waals surface area contributed by atoms with Crippen LogP contribution in [0.4, 0.5) is 0 Å². The van der Waals surface area contributed by atoms with Crippen LogP contribution < -0.4 is 0 Å². The van der Waals surface area contributed by atoms with E-state index in [1.54, 1.807) is 0 Å². The minimum absolute atomic E-state index is 0.473. The molecular formula is C25H46NO5S+. The van der Waals surface area contributed by atoms with Crippen LogP contribution in [0.2, 0.25) is 0 Å². The topological polar surface area (TPSA) is 94.8 Å². The van der Waals surface area contributed by atoms with Crippen LogP contribution >= 0.6 is 0 Å². The average Bonchev–Trinajstić information content (AvgIpc) is 3.12. The Morgan fingerprint density at radius 1 is 0.781 bits per heavy atom. The van der Waals surface area contributed by atoms with Crippen LogP contribution in [0.25, 0.3) is 6.08 Å². The van der Waals surface area contributed by atoms with Gasteiger partial charge in [-0.15, -0.1) is 0 Å². The molecule has 0 unspecified atom stereocenters. The van der Waals surface area contributed by atoms with E-state index in [1.165, 1.54) is 87.6 Å². The molecule has 6 nitrogen and oxygen atoms in total. The fraction of sp³-hybridized carbons (Fsp3) is 0.680. The van der Waals surface area contributed by atoms with Crippen LogP contribution in [0.15, 0.2) is 30.0 Å². The third-order valence-electron chi connectivity index (χ3n) is 5.69. The van der Waals surface area contributed by atoms with Crippen molar-refractivity contribution in [1.29, 1.82) is 0 Å². The second kappa shape index (κ2) is 17.1. The van der Waals surface area contributed by atoms with E-state index >= 15 is 0 Å². The lowest BCUT2D eigenvalue weighted by Gasteiger charge is -2.39. The van der Waals surface area contributed by atoms with E-state index in [9.17, 15) is 0 Å². The van der Waals surface area contributed by atoms with Crippen molar-refractivity contribution in [3.05, 3.63) is 41.2 Å². The normalized spacial score (nSPS) is 12.8. The lowest BCUT2D eigenvalue weighted by molar-refractivity contribution is -0.929. The third-order valence-corrected chi connectivity index (χ3v) is 5.69. The molecule has 0 aromatic heterocycles. The number of rotatable bonds is 12. The Morgan fingerprint density at radius 2 is 1.16 bits per heavy atom. The van der Waals surface area contributed by atoms with Gasteiger partial charge in [0.1, 0.15) is 0 Å². The van der Waals surface area contributed by atoms with E-state index in [-0.39, 0.29) is 0 Å². The minimum Gasteiger partial charge on any atom is -0.512 e. The predicted molar refractivity (Wildman–Crippen MR) is 134 cm³/mol. The van der Waals surface area contributed by atoms with Crippen LogP contribution in [0.1, 0.15) is 90.2 Å². The molecular weight excluding hydrogens is 426 g/mol. The molecule has 32 heavy (non-hydrogen) atoms. The molecule has 0 amide bonds. The maximum absolute atomic E-state index is 9.11.